The van der Waals surface area contributed by atoms with Gasteiger partial charge in [0.25, 0.3) is 0 Å². The summed E-state index contributed by atoms with van der Waals surface area (Å²) in [5.74, 6) is 1.77. The lowest BCUT2D eigenvalue weighted by Gasteiger charge is -2.19. The number of hydrogen-bond acceptors (Lipinski definition) is 2. The maximum absolute atomic E-state index is 6.17. The summed E-state index contributed by atoms with van der Waals surface area (Å²) in [6.45, 7) is 4.98. The number of allylic oxidation sites excluding steroid dienone is 3. The highest BCUT2D eigenvalue weighted by molar-refractivity contribution is 6.35. The second-order valence-electron chi connectivity index (χ2n) is 4.94. The molecule has 1 aliphatic carbocycles. The van der Waals surface area contributed by atoms with E-state index < -0.39 is 0 Å². The smallest absolute Gasteiger partial charge is 0.152 e. The largest absolute Gasteiger partial charge is 0.490 e. The molecule has 0 aromatic heterocycles. The van der Waals surface area contributed by atoms with Crippen molar-refractivity contribution in [3.05, 3.63) is 51.7 Å². The molecule has 0 spiro atoms. The molecule has 1 aliphatic rings. The zero-order chi connectivity index (χ0) is 14.5. The highest BCUT2D eigenvalue weighted by atomic mass is 35.5. The van der Waals surface area contributed by atoms with Crippen LogP contribution in [0.3, 0.4) is 0 Å². The van der Waals surface area contributed by atoms with Gasteiger partial charge in [-0.25, -0.2) is 0 Å². The highest BCUT2D eigenvalue weighted by Crippen LogP contribution is 2.33. The summed E-state index contributed by atoms with van der Waals surface area (Å²) < 4.78 is 11.2. The standard InChI is InChI=1S/C16H18Cl2O2/c1-11-3-5-13(6-4-11)19-7-8-20-16-14(17)9-12(2)10-15(16)18/h3-6,9,12H,7-8,10H2,1-2H3. The molecule has 0 aliphatic heterocycles. The van der Waals surface area contributed by atoms with Crippen LogP contribution in [0, 0.1) is 12.8 Å². The minimum atomic E-state index is 0.353. The van der Waals surface area contributed by atoms with Crippen molar-refractivity contribution in [2.75, 3.05) is 13.2 Å². The van der Waals surface area contributed by atoms with E-state index in [0.717, 1.165) is 12.2 Å². The third kappa shape index (κ3) is 4.19. The topological polar surface area (TPSA) is 18.5 Å². The van der Waals surface area contributed by atoms with E-state index in [9.17, 15) is 0 Å². The fourth-order valence-corrected chi connectivity index (χ4v) is 2.81. The van der Waals surface area contributed by atoms with Gasteiger partial charge >= 0.3 is 0 Å². The van der Waals surface area contributed by atoms with E-state index in [0.29, 0.717) is 35.0 Å². The van der Waals surface area contributed by atoms with Crippen molar-refractivity contribution in [3.8, 4) is 5.75 Å². The van der Waals surface area contributed by atoms with Gasteiger partial charge in [-0.15, -0.1) is 0 Å². The van der Waals surface area contributed by atoms with Crippen molar-refractivity contribution in [1.82, 2.24) is 0 Å². The molecule has 1 unspecified atom stereocenters. The van der Waals surface area contributed by atoms with Gasteiger partial charge in [-0.1, -0.05) is 53.9 Å². The summed E-state index contributed by atoms with van der Waals surface area (Å²) in [5, 5.41) is 1.27. The van der Waals surface area contributed by atoms with Gasteiger partial charge in [0.05, 0.1) is 10.1 Å². The van der Waals surface area contributed by atoms with Crippen LogP contribution in [-0.4, -0.2) is 13.2 Å². The van der Waals surface area contributed by atoms with Crippen LogP contribution in [0.2, 0.25) is 0 Å². The fraction of sp³-hybridized carbons (Fsp3) is 0.375. The summed E-state index contributed by atoms with van der Waals surface area (Å²) in [6.07, 6.45) is 2.73. The van der Waals surface area contributed by atoms with Gasteiger partial charge in [0.1, 0.15) is 19.0 Å². The number of aryl methyl sites for hydroxylation is 1. The predicted octanol–water partition coefficient (Wildman–Crippen LogP) is 5.00. The molecule has 0 radical (unpaired) electrons. The van der Waals surface area contributed by atoms with Crippen molar-refractivity contribution in [2.45, 2.75) is 20.3 Å². The zero-order valence-electron chi connectivity index (χ0n) is 11.7. The summed E-state index contributed by atoms with van der Waals surface area (Å²) >= 11 is 12.3. The normalized spacial score (nSPS) is 18.8. The average molecular weight is 313 g/mol. The zero-order valence-corrected chi connectivity index (χ0v) is 13.2. The molecule has 0 fully saturated rings. The Balaban J connectivity index is 1.80. The highest BCUT2D eigenvalue weighted by Gasteiger charge is 2.18. The van der Waals surface area contributed by atoms with Gasteiger partial charge < -0.3 is 9.47 Å². The molecule has 1 aromatic rings. The maximum atomic E-state index is 6.17. The van der Waals surface area contributed by atoms with Crippen LogP contribution >= 0.6 is 23.2 Å². The molecule has 2 nitrogen and oxygen atoms in total. The number of halogens is 2. The molecule has 20 heavy (non-hydrogen) atoms. The van der Waals surface area contributed by atoms with Gasteiger partial charge in [-0.3, -0.25) is 0 Å². The Kier molecular flexibility index (Phi) is 5.38. The molecular formula is C16H18Cl2O2. The van der Waals surface area contributed by atoms with Crippen LogP contribution < -0.4 is 4.74 Å². The SMILES string of the molecule is Cc1ccc(OCCOC2=C(Cl)CC(C)C=C2Cl)cc1. The van der Waals surface area contributed by atoms with Crippen molar-refractivity contribution < 1.29 is 9.47 Å². The van der Waals surface area contributed by atoms with Gasteiger partial charge in [0.15, 0.2) is 5.76 Å². The lowest BCUT2D eigenvalue weighted by atomic mass is 10.0. The van der Waals surface area contributed by atoms with E-state index in [1.165, 1.54) is 5.56 Å². The first-order chi connectivity index (χ1) is 9.56. The number of benzene rings is 1. The van der Waals surface area contributed by atoms with Gasteiger partial charge in [0, 0.05) is 0 Å². The molecule has 4 heteroatoms. The fourth-order valence-electron chi connectivity index (χ4n) is 1.97. The molecule has 0 heterocycles. The number of ether oxygens (including phenoxy) is 2. The lowest BCUT2D eigenvalue weighted by Crippen LogP contribution is -2.10. The Labute approximate surface area is 130 Å². The minimum Gasteiger partial charge on any atom is -0.490 e. The summed E-state index contributed by atoms with van der Waals surface area (Å²) in [6, 6.07) is 7.91. The van der Waals surface area contributed by atoms with Crippen LogP contribution in [0.1, 0.15) is 18.9 Å². The van der Waals surface area contributed by atoms with Crippen LogP contribution in [-0.2, 0) is 4.74 Å². The third-order valence-corrected chi connectivity index (χ3v) is 3.64. The van der Waals surface area contributed by atoms with E-state index in [4.69, 9.17) is 32.7 Å². The molecule has 1 atom stereocenters. The molecule has 0 amide bonds. The number of hydrogen-bond donors (Lipinski definition) is 0. The molecule has 1 aromatic carbocycles. The second kappa shape index (κ2) is 7.05. The van der Waals surface area contributed by atoms with Crippen molar-refractivity contribution in [3.63, 3.8) is 0 Å². The van der Waals surface area contributed by atoms with Crippen molar-refractivity contribution in [2.24, 2.45) is 5.92 Å². The first kappa shape index (κ1) is 15.3. The molecule has 0 saturated carbocycles. The predicted molar refractivity (Wildman–Crippen MR) is 83.2 cm³/mol. The van der Waals surface area contributed by atoms with Gasteiger partial charge in [0.2, 0.25) is 0 Å². The first-order valence-electron chi connectivity index (χ1n) is 6.65. The first-order valence-corrected chi connectivity index (χ1v) is 7.40. The van der Waals surface area contributed by atoms with Gasteiger partial charge in [-0.2, -0.15) is 0 Å². The van der Waals surface area contributed by atoms with Crippen molar-refractivity contribution in [1.29, 1.82) is 0 Å². The Bertz CT molecular complexity index is 518. The summed E-state index contributed by atoms with van der Waals surface area (Å²) in [5.41, 5.74) is 1.21. The Morgan fingerprint density at radius 3 is 2.40 bits per heavy atom. The third-order valence-electron chi connectivity index (χ3n) is 3.01. The summed E-state index contributed by atoms with van der Waals surface area (Å²) in [4.78, 5) is 0. The van der Waals surface area contributed by atoms with E-state index in [1.54, 1.807) is 0 Å². The quantitative estimate of drug-likeness (QED) is 0.712. The van der Waals surface area contributed by atoms with Crippen LogP contribution in [0.25, 0.3) is 0 Å². The lowest BCUT2D eigenvalue weighted by molar-refractivity contribution is 0.160. The van der Waals surface area contributed by atoms with E-state index in [-0.39, 0.29) is 0 Å². The maximum Gasteiger partial charge on any atom is 0.152 e. The molecule has 0 bridgehead atoms. The molecule has 0 N–H and O–H groups in total. The Morgan fingerprint density at radius 1 is 1.10 bits per heavy atom. The Morgan fingerprint density at radius 2 is 1.75 bits per heavy atom. The van der Waals surface area contributed by atoms with Crippen LogP contribution in [0.4, 0.5) is 0 Å². The monoisotopic (exact) mass is 312 g/mol. The van der Waals surface area contributed by atoms with E-state index >= 15 is 0 Å². The van der Waals surface area contributed by atoms with E-state index in [1.807, 2.05) is 37.3 Å². The average Bonchev–Trinajstić information content (AvgIpc) is 2.39. The van der Waals surface area contributed by atoms with E-state index in [2.05, 4.69) is 6.92 Å². The van der Waals surface area contributed by atoms with Crippen molar-refractivity contribution >= 4 is 23.2 Å². The molecule has 108 valence electrons. The molecule has 0 saturated heterocycles. The summed E-state index contributed by atoms with van der Waals surface area (Å²) in [7, 11) is 0. The van der Waals surface area contributed by atoms with Gasteiger partial charge in [-0.05, 0) is 31.4 Å². The van der Waals surface area contributed by atoms with Crippen LogP contribution in [0.5, 0.6) is 5.75 Å². The van der Waals surface area contributed by atoms with Crippen LogP contribution in [0.15, 0.2) is 46.2 Å². The minimum absolute atomic E-state index is 0.353. The second-order valence-corrected chi connectivity index (χ2v) is 5.80. The molecule has 2 rings (SSSR count). The Hall–Kier alpha value is -1.12. The molecular weight excluding hydrogens is 295 g/mol. The number of rotatable bonds is 5.